The van der Waals surface area contributed by atoms with Crippen LogP contribution in [0.1, 0.15) is 22.7 Å². The van der Waals surface area contributed by atoms with Gasteiger partial charge in [0.05, 0.1) is 28.8 Å². The Hall–Kier alpha value is -2.92. The second-order valence-corrected chi connectivity index (χ2v) is 10.1. The minimum atomic E-state index is -3.29. The van der Waals surface area contributed by atoms with Crippen LogP contribution < -0.4 is 5.56 Å². The Kier molecular flexibility index (Phi) is 4.10. The highest BCUT2D eigenvalue weighted by molar-refractivity contribution is 7.90. The summed E-state index contributed by atoms with van der Waals surface area (Å²) in [5.41, 5.74) is 1.65. The lowest BCUT2D eigenvalue weighted by Gasteiger charge is -2.07. The van der Waals surface area contributed by atoms with Crippen LogP contribution in [0, 0.1) is 0 Å². The van der Waals surface area contributed by atoms with Crippen LogP contribution >= 0.6 is 11.3 Å². The average molecular weight is 428 g/mol. The number of benzene rings is 1. The number of rotatable bonds is 4. The van der Waals surface area contributed by atoms with Crippen LogP contribution in [0.5, 0.6) is 0 Å². The van der Waals surface area contributed by atoms with Crippen molar-refractivity contribution in [1.29, 1.82) is 0 Å². The molecule has 11 heteroatoms. The minimum absolute atomic E-state index is 0.0867. The van der Waals surface area contributed by atoms with Crippen LogP contribution in [0.3, 0.4) is 0 Å². The first-order valence-corrected chi connectivity index (χ1v) is 11.7. The van der Waals surface area contributed by atoms with E-state index in [0.29, 0.717) is 16.9 Å². The van der Waals surface area contributed by atoms with Gasteiger partial charge in [0.1, 0.15) is 4.83 Å². The molecular formula is C18H16N6O3S2. The summed E-state index contributed by atoms with van der Waals surface area (Å²) in [6.45, 7) is 0.160. The van der Waals surface area contributed by atoms with E-state index in [9.17, 15) is 13.2 Å². The van der Waals surface area contributed by atoms with Gasteiger partial charge in [-0.3, -0.25) is 9.36 Å². The monoisotopic (exact) mass is 428 g/mol. The summed E-state index contributed by atoms with van der Waals surface area (Å²) >= 11 is 1.60. The van der Waals surface area contributed by atoms with Crippen LogP contribution in [0.2, 0.25) is 0 Å². The summed E-state index contributed by atoms with van der Waals surface area (Å²) in [6, 6.07) is 6.27. The number of nitrogens with zero attached hydrogens (tertiary/aromatic N) is 6. The van der Waals surface area contributed by atoms with Crippen molar-refractivity contribution in [2.24, 2.45) is 0 Å². The Bertz CT molecular complexity index is 1400. The zero-order valence-corrected chi connectivity index (χ0v) is 17.1. The highest BCUT2D eigenvalue weighted by atomic mass is 32.2. The first-order valence-electron chi connectivity index (χ1n) is 8.99. The fourth-order valence-electron chi connectivity index (χ4n) is 3.62. The zero-order valence-electron chi connectivity index (χ0n) is 15.4. The third-order valence-electron chi connectivity index (χ3n) is 5.05. The Morgan fingerprint density at radius 3 is 2.72 bits per heavy atom. The topological polar surface area (TPSA) is 113 Å². The molecule has 148 valence electrons. The summed E-state index contributed by atoms with van der Waals surface area (Å²) in [7, 11) is -3.29. The molecule has 0 atom stereocenters. The zero-order chi connectivity index (χ0) is 20.2. The van der Waals surface area contributed by atoms with Gasteiger partial charge in [-0.05, 0) is 59.5 Å². The molecule has 0 saturated heterocycles. The molecule has 29 heavy (non-hydrogen) atoms. The SMILES string of the molecule is CS(=O)(=O)c1ccc(-n2nnnc2Cn2cnc3sc4c(c3c2=O)CCC4)cc1. The lowest BCUT2D eigenvalue weighted by molar-refractivity contribution is 0.602. The van der Waals surface area contributed by atoms with Crippen LogP contribution in [0.25, 0.3) is 15.9 Å². The van der Waals surface area contributed by atoms with E-state index in [0.717, 1.165) is 35.9 Å². The van der Waals surface area contributed by atoms with Gasteiger partial charge in [-0.1, -0.05) is 0 Å². The van der Waals surface area contributed by atoms with Crippen LogP contribution in [-0.4, -0.2) is 44.4 Å². The molecule has 1 aliphatic carbocycles. The van der Waals surface area contributed by atoms with Crippen molar-refractivity contribution in [2.75, 3.05) is 6.26 Å². The van der Waals surface area contributed by atoms with E-state index < -0.39 is 9.84 Å². The molecule has 0 N–H and O–H groups in total. The number of sulfone groups is 1. The van der Waals surface area contributed by atoms with Gasteiger partial charge in [-0.2, -0.15) is 4.68 Å². The normalized spacial score (nSPS) is 13.8. The first kappa shape index (κ1) is 18.1. The Balaban J connectivity index is 1.52. The molecule has 0 radical (unpaired) electrons. The Morgan fingerprint density at radius 1 is 1.17 bits per heavy atom. The van der Waals surface area contributed by atoms with Gasteiger partial charge < -0.3 is 0 Å². The van der Waals surface area contributed by atoms with Gasteiger partial charge in [0.25, 0.3) is 5.56 Å². The molecule has 5 rings (SSSR count). The number of fused-ring (bicyclic) bond motifs is 3. The fraction of sp³-hybridized carbons (Fsp3) is 0.278. The van der Waals surface area contributed by atoms with Gasteiger partial charge in [0.2, 0.25) is 0 Å². The molecule has 0 unspecified atom stereocenters. The van der Waals surface area contributed by atoms with Crippen molar-refractivity contribution >= 4 is 31.4 Å². The number of thiophene rings is 1. The van der Waals surface area contributed by atoms with Crippen molar-refractivity contribution in [2.45, 2.75) is 30.7 Å². The van der Waals surface area contributed by atoms with E-state index in [1.165, 1.54) is 32.6 Å². The lowest BCUT2D eigenvalue weighted by atomic mass is 10.2. The minimum Gasteiger partial charge on any atom is -0.291 e. The highest BCUT2D eigenvalue weighted by Gasteiger charge is 2.22. The maximum Gasteiger partial charge on any atom is 0.262 e. The summed E-state index contributed by atoms with van der Waals surface area (Å²) in [4.78, 5) is 19.8. The van der Waals surface area contributed by atoms with E-state index in [2.05, 4.69) is 20.5 Å². The number of hydrogen-bond acceptors (Lipinski definition) is 8. The third kappa shape index (κ3) is 3.06. The predicted molar refractivity (Wildman–Crippen MR) is 107 cm³/mol. The molecule has 3 aromatic heterocycles. The van der Waals surface area contributed by atoms with Gasteiger partial charge in [-0.25, -0.2) is 13.4 Å². The van der Waals surface area contributed by atoms with Crippen molar-refractivity contribution in [3.63, 3.8) is 0 Å². The molecule has 1 aliphatic rings. The van der Waals surface area contributed by atoms with E-state index in [-0.39, 0.29) is 17.0 Å². The molecular weight excluding hydrogens is 412 g/mol. The molecule has 9 nitrogen and oxygen atoms in total. The lowest BCUT2D eigenvalue weighted by Crippen LogP contribution is -2.23. The Morgan fingerprint density at radius 2 is 1.97 bits per heavy atom. The molecule has 1 aromatic carbocycles. The third-order valence-corrected chi connectivity index (χ3v) is 7.38. The number of aryl methyl sites for hydroxylation is 2. The maximum atomic E-state index is 13.1. The summed E-state index contributed by atoms with van der Waals surface area (Å²) in [5, 5.41) is 12.5. The average Bonchev–Trinajstić information content (AvgIpc) is 3.39. The highest BCUT2D eigenvalue weighted by Crippen LogP contribution is 2.34. The van der Waals surface area contributed by atoms with Gasteiger partial charge in [-0.15, -0.1) is 16.4 Å². The van der Waals surface area contributed by atoms with Crippen molar-refractivity contribution in [3.8, 4) is 5.69 Å². The standard InChI is InChI=1S/C18H16N6O3S2/c1-29(26,27)12-7-5-11(6-8-12)24-15(20-21-22-24)9-23-10-19-17-16(18(23)25)13-3-2-4-14(13)28-17/h5-8,10H,2-4,9H2,1H3. The van der Waals surface area contributed by atoms with Gasteiger partial charge in [0.15, 0.2) is 15.7 Å². The quantitative estimate of drug-likeness (QED) is 0.482. The molecule has 0 fully saturated rings. The molecule has 0 bridgehead atoms. The van der Waals surface area contributed by atoms with Crippen LogP contribution in [0.15, 0.2) is 40.3 Å². The van der Waals surface area contributed by atoms with Gasteiger partial charge >= 0.3 is 0 Å². The van der Waals surface area contributed by atoms with Gasteiger partial charge in [0, 0.05) is 11.1 Å². The van der Waals surface area contributed by atoms with E-state index >= 15 is 0 Å². The number of aromatic nitrogens is 6. The van der Waals surface area contributed by atoms with Crippen LogP contribution in [-0.2, 0) is 29.2 Å². The first-order chi connectivity index (χ1) is 13.9. The largest absolute Gasteiger partial charge is 0.291 e. The Labute approximate surface area is 169 Å². The number of tetrazole rings is 1. The maximum absolute atomic E-state index is 13.1. The second kappa shape index (κ2) is 6.56. The summed E-state index contributed by atoms with van der Waals surface area (Å²) < 4.78 is 26.3. The molecule has 0 spiro atoms. The van der Waals surface area contributed by atoms with E-state index in [1.807, 2.05) is 0 Å². The smallest absolute Gasteiger partial charge is 0.262 e. The van der Waals surface area contributed by atoms with Crippen molar-refractivity contribution in [3.05, 3.63) is 57.2 Å². The molecule has 0 aliphatic heterocycles. The predicted octanol–water partition coefficient (Wildman–Crippen LogP) is 1.37. The van der Waals surface area contributed by atoms with Crippen molar-refractivity contribution < 1.29 is 8.42 Å². The second-order valence-electron chi connectivity index (χ2n) is 6.99. The molecule has 4 aromatic rings. The van der Waals surface area contributed by atoms with Crippen molar-refractivity contribution in [1.82, 2.24) is 29.8 Å². The molecule has 3 heterocycles. The van der Waals surface area contributed by atoms with Crippen LogP contribution in [0.4, 0.5) is 0 Å². The van der Waals surface area contributed by atoms with E-state index in [1.54, 1.807) is 23.5 Å². The molecule has 0 amide bonds. The molecule has 0 saturated carbocycles. The number of hydrogen-bond donors (Lipinski definition) is 0. The fourth-order valence-corrected chi connectivity index (χ4v) is 5.47. The summed E-state index contributed by atoms with van der Waals surface area (Å²) in [6.07, 6.45) is 5.69. The summed E-state index contributed by atoms with van der Waals surface area (Å²) in [5.74, 6) is 0.451. The van der Waals surface area contributed by atoms with E-state index in [4.69, 9.17) is 0 Å².